The van der Waals surface area contributed by atoms with Gasteiger partial charge in [-0.2, -0.15) is 0 Å². The molecule has 4 nitrogen and oxygen atoms in total. The average Bonchev–Trinajstić information content (AvgIpc) is 2.65. The Morgan fingerprint density at radius 2 is 2.04 bits per heavy atom. The van der Waals surface area contributed by atoms with Crippen molar-refractivity contribution in [2.75, 3.05) is 11.9 Å². The Morgan fingerprint density at radius 3 is 2.74 bits per heavy atom. The van der Waals surface area contributed by atoms with Crippen LogP contribution in [0.4, 0.5) is 5.69 Å². The molecule has 0 unspecified atom stereocenters. The lowest BCUT2D eigenvalue weighted by Gasteiger charge is -2.27. The molecule has 3 rings (SSSR count). The van der Waals surface area contributed by atoms with E-state index in [-0.39, 0.29) is 17.9 Å². The predicted octanol–water partition coefficient (Wildman–Crippen LogP) is 4.63. The maximum Gasteiger partial charge on any atom is 0.264 e. The molecule has 0 saturated heterocycles. The van der Waals surface area contributed by atoms with Gasteiger partial charge in [0.2, 0.25) is 0 Å². The van der Waals surface area contributed by atoms with E-state index in [0.717, 1.165) is 28.1 Å². The van der Waals surface area contributed by atoms with Gasteiger partial charge in [0.15, 0.2) is 0 Å². The zero-order valence-corrected chi connectivity index (χ0v) is 16.9. The number of nitrogens with zero attached hydrogens (tertiary/aromatic N) is 1. The molecule has 1 aliphatic rings. The first-order valence-electron chi connectivity index (χ1n) is 9.08. The van der Waals surface area contributed by atoms with Gasteiger partial charge in [0, 0.05) is 23.5 Å². The summed E-state index contributed by atoms with van der Waals surface area (Å²) in [5, 5.41) is 2.96. The van der Waals surface area contributed by atoms with Crippen LogP contribution >= 0.6 is 11.8 Å². The van der Waals surface area contributed by atoms with Gasteiger partial charge in [0.25, 0.3) is 11.8 Å². The van der Waals surface area contributed by atoms with Gasteiger partial charge in [-0.05, 0) is 50.1 Å². The molecule has 0 spiro atoms. The van der Waals surface area contributed by atoms with Crippen molar-refractivity contribution in [3.63, 3.8) is 0 Å². The third-order valence-corrected chi connectivity index (χ3v) is 5.73. The smallest absolute Gasteiger partial charge is 0.264 e. The minimum Gasteiger partial charge on any atom is -0.350 e. The minimum absolute atomic E-state index is 0.0616. The molecule has 140 valence electrons. The highest BCUT2D eigenvalue weighted by Crippen LogP contribution is 2.42. The van der Waals surface area contributed by atoms with Crippen LogP contribution in [0.25, 0.3) is 6.08 Å². The van der Waals surface area contributed by atoms with Crippen LogP contribution in [0.3, 0.4) is 0 Å². The molecule has 5 heteroatoms. The number of rotatable bonds is 4. The highest BCUT2D eigenvalue weighted by atomic mass is 32.2. The highest BCUT2D eigenvalue weighted by molar-refractivity contribution is 8.04. The summed E-state index contributed by atoms with van der Waals surface area (Å²) in [6.45, 7) is 6.04. The summed E-state index contributed by atoms with van der Waals surface area (Å²) in [5.74, 6) is -0.174. The van der Waals surface area contributed by atoms with E-state index >= 15 is 0 Å². The third-order valence-electron chi connectivity index (χ3n) is 4.65. The molecule has 1 N–H and O–H groups in total. The van der Waals surface area contributed by atoms with Crippen molar-refractivity contribution in [1.29, 1.82) is 0 Å². The lowest BCUT2D eigenvalue weighted by molar-refractivity contribution is -0.114. The van der Waals surface area contributed by atoms with E-state index in [9.17, 15) is 9.59 Å². The topological polar surface area (TPSA) is 49.4 Å². The van der Waals surface area contributed by atoms with Crippen LogP contribution < -0.4 is 10.2 Å². The Labute approximate surface area is 164 Å². The van der Waals surface area contributed by atoms with Gasteiger partial charge >= 0.3 is 0 Å². The first-order valence-corrected chi connectivity index (χ1v) is 9.90. The SMILES string of the molecule is CC[C@H](C)NC(=O)c1ccc2c(c1)N(C)C(=O)/C(=C/c1cccc(C)c1)S2. The fourth-order valence-electron chi connectivity index (χ4n) is 2.86. The van der Waals surface area contributed by atoms with E-state index in [1.807, 2.05) is 57.2 Å². The molecule has 0 saturated carbocycles. The van der Waals surface area contributed by atoms with Crippen molar-refractivity contribution >= 4 is 35.3 Å². The summed E-state index contributed by atoms with van der Waals surface area (Å²) in [7, 11) is 1.75. The van der Waals surface area contributed by atoms with Gasteiger partial charge in [-0.25, -0.2) is 0 Å². The van der Waals surface area contributed by atoms with E-state index in [0.29, 0.717) is 10.5 Å². The number of benzene rings is 2. The number of likely N-dealkylation sites (N-methyl/N-ethyl adjacent to an activating group) is 1. The van der Waals surface area contributed by atoms with Crippen LogP contribution in [0.1, 0.15) is 41.8 Å². The van der Waals surface area contributed by atoms with Crippen LogP contribution in [0.15, 0.2) is 52.3 Å². The van der Waals surface area contributed by atoms with Crippen LogP contribution in [0, 0.1) is 6.92 Å². The van der Waals surface area contributed by atoms with Crippen molar-refractivity contribution in [3.05, 3.63) is 64.1 Å². The maximum atomic E-state index is 12.8. The van der Waals surface area contributed by atoms with Crippen molar-refractivity contribution in [2.45, 2.75) is 38.1 Å². The Kier molecular flexibility index (Phi) is 5.71. The summed E-state index contributed by atoms with van der Waals surface area (Å²) in [5.41, 5.74) is 3.50. The number of carbonyl (C=O) groups is 2. The molecule has 2 aromatic rings. The standard InChI is InChI=1S/C22H24N2O2S/c1-5-15(3)23-21(25)17-9-10-19-18(13-17)24(4)22(26)20(27-19)12-16-8-6-7-14(2)11-16/h6-13,15H,5H2,1-4H3,(H,23,25)/b20-12-/t15-/m0/s1. The lowest BCUT2D eigenvalue weighted by Crippen LogP contribution is -2.33. The average molecular weight is 381 g/mol. The number of hydrogen-bond donors (Lipinski definition) is 1. The summed E-state index contributed by atoms with van der Waals surface area (Å²) in [4.78, 5) is 28.5. The van der Waals surface area contributed by atoms with E-state index in [1.54, 1.807) is 18.0 Å². The van der Waals surface area contributed by atoms with Gasteiger partial charge in [0.1, 0.15) is 0 Å². The summed E-state index contributed by atoms with van der Waals surface area (Å²) >= 11 is 1.45. The van der Waals surface area contributed by atoms with Crippen molar-refractivity contribution in [1.82, 2.24) is 5.32 Å². The third kappa shape index (κ3) is 4.25. The van der Waals surface area contributed by atoms with Crippen LogP contribution in [-0.2, 0) is 4.79 Å². The Hall–Kier alpha value is -2.53. The van der Waals surface area contributed by atoms with Crippen LogP contribution in [-0.4, -0.2) is 24.9 Å². The van der Waals surface area contributed by atoms with Crippen molar-refractivity contribution in [3.8, 4) is 0 Å². The van der Waals surface area contributed by atoms with Gasteiger partial charge in [-0.3, -0.25) is 9.59 Å². The summed E-state index contributed by atoms with van der Waals surface area (Å²) < 4.78 is 0. The number of anilines is 1. The highest BCUT2D eigenvalue weighted by Gasteiger charge is 2.27. The molecule has 1 atom stereocenters. The summed E-state index contributed by atoms with van der Waals surface area (Å²) in [6, 6.07) is 13.7. The van der Waals surface area contributed by atoms with Crippen molar-refractivity contribution < 1.29 is 9.59 Å². The van der Waals surface area contributed by atoms with Gasteiger partial charge in [0.05, 0.1) is 10.6 Å². The number of carbonyl (C=O) groups excluding carboxylic acids is 2. The molecular weight excluding hydrogens is 356 g/mol. The fraction of sp³-hybridized carbons (Fsp3) is 0.273. The summed E-state index contributed by atoms with van der Waals surface area (Å²) in [6.07, 6.45) is 2.79. The van der Waals surface area contributed by atoms with E-state index in [4.69, 9.17) is 0 Å². The van der Waals surface area contributed by atoms with Crippen molar-refractivity contribution in [2.24, 2.45) is 0 Å². The largest absolute Gasteiger partial charge is 0.350 e. The normalized spacial score (nSPS) is 16.2. The molecular formula is C22H24N2O2S. The quantitative estimate of drug-likeness (QED) is 0.787. The number of aryl methyl sites for hydroxylation is 1. The Balaban J connectivity index is 1.90. The molecule has 0 aromatic heterocycles. The minimum atomic E-state index is -0.112. The molecule has 0 aliphatic carbocycles. The number of amides is 2. The molecule has 1 aliphatic heterocycles. The number of thioether (sulfide) groups is 1. The molecule has 2 amide bonds. The second kappa shape index (κ2) is 8.01. The maximum absolute atomic E-state index is 12.8. The van der Waals surface area contributed by atoms with Gasteiger partial charge in [-0.1, -0.05) is 48.5 Å². The second-order valence-electron chi connectivity index (χ2n) is 6.85. The zero-order valence-electron chi connectivity index (χ0n) is 16.1. The van der Waals surface area contributed by atoms with E-state index in [2.05, 4.69) is 11.4 Å². The molecule has 2 aromatic carbocycles. The van der Waals surface area contributed by atoms with E-state index < -0.39 is 0 Å². The number of nitrogens with one attached hydrogen (secondary N) is 1. The zero-order chi connectivity index (χ0) is 19.6. The van der Waals surface area contributed by atoms with E-state index in [1.165, 1.54) is 11.8 Å². The predicted molar refractivity (Wildman–Crippen MR) is 112 cm³/mol. The van der Waals surface area contributed by atoms with Gasteiger partial charge in [-0.15, -0.1) is 0 Å². The van der Waals surface area contributed by atoms with Crippen LogP contribution in [0.5, 0.6) is 0 Å². The first kappa shape index (κ1) is 19.2. The fourth-order valence-corrected chi connectivity index (χ4v) is 3.95. The monoisotopic (exact) mass is 380 g/mol. The molecule has 27 heavy (non-hydrogen) atoms. The molecule has 0 radical (unpaired) electrons. The van der Waals surface area contributed by atoms with Gasteiger partial charge < -0.3 is 10.2 Å². The Bertz CT molecular complexity index is 920. The first-order chi connectivity index (χ1) is 12.9. The molecule has 0 bridgehead atoms. The second-order valence-corrected chi connectivity index (χ2v) is 7.94. The molecule has 0 fully saturated rings. The lowest BCUT2D eigenvalue weighted by atomic mass is 10.1. The number of fused-ring (bicyclic) bond motifs is 1. The molecule has 1 heterocycles. The van der Waals surface area contributed by atoms with Crippen LogP contribution in [0.2, 0.25) is 0 Å². The Morgan fingerprint density at radius 1 is 1.26 bits per heavy atom. The number of hydrogen-bond acceptors (Lipinski definition) is 3.